The summed E-state index contributed by atoms with van der Waals surface area (Å²) in [4.78, 5) is 11.6. The fraction of sp³-hybridized carbons (Fsp3) is 0.500. The number of benzene rings is 1. The summed E-state index contributed by atoms with van der Waals surface area (Å²) in [6.07, 6.45) is 1.97. The minimum atomic E-state index is -0.620. The Morgan fingerprint density at radius 1 is 1.50 bits per heavy atom. The first-order valence-electron chi connectivity index (χ1n) is 6.11. The van der Waals surface area contributed by atoms with E-state index in [-0.39, 0.29) is 17.6 Å². The average Bonchev–Trinajstić information content (AvgIpc) is 3.18. The van der Waals surface area contributed by atoms with Gasteiger partial charge in [-0.05, 0) is 30.4 Å². The summed E-state index contributed by atoms with van der Waals surface area (Å²) >= 11 is 0. The van der Waals surface area contributed by atoms with Crippen molar-refractivity contribution in [3.8, 4) is 5.75 Å². The molecule has 1 aliphatic rings. The van der Waals surface area contributed by atoms with Crippen molar-refractivity contribution in [1.82, 2.24) is 0 Å². The molecule has 4 heteroatoms. The van der Waals surface area contributed by atoms with Gasteiger partial charge in [0.2, 0.25) is 0 Å². The summed E-state index contributed by atoms with van der Waals surface area (Å²) in [7, 11) is 1.33. The summed E-state index contributed by atoms with van der Waals surface area (Å²) in [6, 6.07) is 4.55. The fourth-order valence-electron chi connectivity index (χ4n) is 2.51. The van der Waals surface area contributed by atoms with Crippen LogP contribution in [0.4, 0.5) is 4.39 Å². The molecule has 1 saturated carbocycles. The van der Waals surface area contributed by atoms with Crippen molar-refractivity contribution in [3.63, 3.8) is 0 Å². The van der Waals surface area contributed by atoms with E-state index in [1.807, 2.05) is 0 Å². The molecule has 1 aromatic carbocycles. The monoisotopic (exact) mass is 252 g/mol. The highest BCUT2D eigenvalue weighted by molar-refractivity contribution is 5.73. The SMILES string of the molecule is COC(=O)C(C)C(c1cccc(O)c1F)C1CC1. The zero-order chi connectivity index (χ0) is 13.3. The molecule has 0 aliphatic heterocycles. The lowest BCUT2D eigenvalue weighted by atomic mass is 9.83. The Labute approximate surface area is 106 Å². The molecule has 3 nitrogen and oxygen atoms in total. The summed E-state index contributed by atoms with van der Waals surface area (Å²) in [5.74, 6) is -1.64. The molecule has 0 saturated heterocycles. The van der Waals surface area contributed by atoms with Crippen LogP contribution < -0.4 is 0 Å². The van der Waals surface area contributed by atoms with Crippen molar-refractivity contribution in [1.29, 1.82) is 0 Å². The molecule has 18 heavy (non-hydrogen) atoms. The molecule has 98 valence electrons. The maximum atomic E-state index is 14.0. The average molecular weight is 252 g/mol. The standard InChI is InChI=1S/C14H17FO3/c1-8(14(17)18-2)12(9-6-7-9)10-4-3-5-11(16)13(10)15/h3-5,8-9,12,16H,6-7H2,1-2H3. The van der Waals surface area contributed by atoms with E-state index in [4.69, 9.17) is 4.74 Å². The smallest absolute Gasteiger partial charge is 0.309 e. The highest BCUT2D eigenvalue weighted by Crippen LogP contribution is 2.48. The van der Waals surface area contributed by atoms with E-state index in [1.165, 1.54) is 13.2 Å². The lowest BCUT2D eigenvalue weighted by Crippen LogP contribution is -2.23. The van der Waals surface area contributed by atoms with Crippen molar-refractivity contribution >= 4 is 5.97 Å². The second-order valence-corrected chi connectivity index (χ2v) is 4.86. The molecule has 0 amide bonds. The van der Waals surface area contributed by atoms with Gasteiger partial charge in [0.25, 0.3) is 0 Å². The fourth-order valence-corrected chi connectivity index (χ4v) is 2.51. The number of carbonyl (C=O) groups excluding carboxylic acids is 1. The second kappa shape index (κ2) is 4.96. The molecule has 1 aromatic rings. The Morgan fingerprint density at radius 2 is 2.17 bits per heavy atom. The number of phenols is 1. The minimum Gasteiger partial charge on any atom is -0.505 e. The number of halogens is 1. The van der Waals surface area contributed by atoms with E-state index in [9.17, 15) is 14.3 Å². The molecule has 2 atom stereocenters. The quantitative estimate of drug-likeness (QED) is 0.838. The normalized spacial score (nSPS) is 18.2. The maximum Gasteiger partial charge on any atom is 0.309 e. The van der Waals surface area contributed by atoms with E-state index >= 15 is 0 Å². The third kappa shape index (κ3) is 2.33. The summed E-state index contributed by atoms with van der Waals surface area (Å²) < 4.78 is 18.7. The number of methoxy groups -OCH3 is 1. The van der Waals surface area contributed by atoms with Crippen LogP contribution in [-0.4, -0.2) is 18.2 Å². The van der Waals surface area contributed by atoms with Gasteiger partial charge in [-0.2, -0.15) is 0 Å². The van der Waals surface area contributed by atoms with Crippen LogP contribution in [0.1, 0.15) is 31.2 Å². The van der Waals surface area contributed by atoms with Crippen LogP contribution >= 0.6 is 0 Å². The molecule has 1 fully saturated rings. The number of rotatable bonds is 4. The Bertz CT molecular complexity index is 454. The van der Waals surface area contributed by atoms with E-state index in [2.05, 4.69) is 0 Å². The highest BCUT2D eigenvalue weighted by atomic mass is 19.1. The number of phenolic OH excluding ortho intramolecular Hbond substituents is 1. The van der Waals surface area contributed by atoms with Crippen molar-refractivity contribution in [2.75, 3.05) is 7.11 Å². The van der Waals surface area contributed by atoms with Gasteiger partial charge in [0.15, 0.2) is 11.6 Å². The Morgan fingerprint density at radius 3 is 2.72 bits per heavy atom. The summed E-state index contributed by atoms with van der Waals surface area (Å²) in [6.45, 7) is 1.75. The van der Waals surface area contributed by atoms with E-state index in [1.54, 1.807) is 19.1 Å². The van der Waals surface area contributed by atoms with Gasteiger partial charge in [0, 0.05) is 5.92 Å². The van der Waals surface area contributed by atoms with Crippen molar-refractivity contribution in [2.24, 2.45) is 11.8 Å². The molecule has 2 unspecified atom stereocenters. The second-order valence-electron chi connectivity index (χ2n) is 4.86. The van der Waals surface area contributed by atoms with Crippen LogP contribution in [0.2, 0.25) is 0 Å². The number of esters is 1. The number of ether oxygens (including phenoxy) is 1. The molecule has 0 radical (unpaired) electrons. The van der Waals surface area contributed by atoms with E-state index < -0.39 is 11.7 Å². The summed E-state index contributed by atoms with van der Waals surface area (Å²) in [5, 5.41) is 9.44. The van der Waals surface area contributed by atoms with Crippen LogP contribution in [-0.2, 0) is 9.53 Å². The first kappa shape index (κ1) is 12.9. The number of aromatic hydroxyl groups is 1. The molecular weight excluding hydrogens is 235 g/mol. The van der Waals surface area contributed by atoms with Gasteiger partial charge in [-0.3, -0.25) is 4.79 Å². The zero-order valence-electron chi connectivity index (χ0n) is 10.5. The van der Waals surface area contributed by atoms with Gasteiger partial charge < -0.3 is 9.84 Å². The topological polar surface area (TPSA) is 46.5 Å². The number of carbonyl (C=O) groups is 1. The Hall–Kier alpha value is -1.58. The Kier molecular flexibility index (Phi) is 3.55. The molecule has 2 rings (SSSR count). The molecule has 1 aliphatic carbocycles. The first-order chi connectivity index (χ1) is 8.56. The zero-order valence-corrected chi connectivity index (χ0v) is 10.5. The van der Waals surface area contributed by atoms with Crippen LogP contribution in [0.5, 0.6) is 5.75 Å². The molecule has 0 bridgehead atoms. The first-order valence-corrected chi connectivity index (χ1v) is 6.11. The highest BCUT2D eigenvalue weighted by Gasteiger charge is 2.40. The molecule has 0 spiro atoms. The largest absolute Gasteiger partial charge is 0.505 e. The maximum absolute atomic E-state index is 14.0. The van der Waals surface area contributed by atoms with E-state index in [0.717, 1.165) is 12.8 Å². The van der Waals surface area contributed by atoms with Crippen LogP contribution in [0, 0.1) is 17.7 Å². The number of hydrogen-bond acceptors (Lipinski definition) is 3. The van der Waals surface area contributed by atoms with E-state index in [0.29, 0.717) is 11.5 Å². The molecular formula is C14H17FO3. The van der Waals surface area contributed by atoms with Gasteiger partial charge in [-0.15, -0.1) is 0 Å². The van der Waals surface area contributed by atoms with Gasteiger partial charge in [-0.25, -0.2) is 4.39 Å². The van der Waals surface area contributed by atoms with Crippen LogP contribution in [0.15, 0.2) is 18.2 Å². The minimum absolute atomic E-state index is 0.218. The lowest BCUT2D eigenvalue weighted by Gasteiger charge is -2.23. The molecule has 0 aromatic heterocycles. The van der Waals surface area contributed by atoms with Gasteiger partial charge in [0.05, 0.1) is 13.0 Å². The van der Waals surface area contributed by atoms with Crippen LogP contribution in [0.25, 0.3) is 0 Å². The predicted molar refractivity (Wildman–Crippen MR) is 64.7 cm³/mol. The summed E-state index contributed by atoms with van der Waals surface area (Å²) in [5.41, 5.74) is 0.412. The van der Waals surface area contributed by atoms with Crippen molar-refractivity contribution < 1.29 is 19.0 Å². The Balaban J connectivity index is 2.35. The lowest BCUT2D eigenvalue weighted by molar-refractivity contribution is -0.145. The predicted octanol–water partition coefficient (Wildman–Crippen LogP) is 2.83. The molecule has 1 N–H and O–H groups in total. The molecule has 0 heterocycles. The van der Waals surface area contributed by atoms with Crippen LogP contribution in [0.3, 0.4) is 0 Å². The van der Waals surface area contributed by atoms with Crippen molar-refractivity contribution in [2.45, 2.75) is 25.7 Å². The number of hydrogen-bond donors (Lipinski definition) is 1. The third-order valence-corrected chi connectivity index (χ3v) is 3.61. The third-order valence-electron chi connectivity index (χ3n) is 3.61. The van der Waals surface area contributed by atoms with Gasteiger partial charge >= 0.3 is 5.97 Å². The van der Waals surface area contributed by atoms with Gasteiger partial charge in [-0.1, -0.05) is 19.1 Å². The van der Waals surface area contributed by atoms with Gasteiger partial charge in [0.1, 0.15) is 0 Å². The van der Waals surface area contributed by atoms with Crippen molar-refractivity contribution in [3.05, 3.63) is 29.6 Å².